The predicted molar refractivity (Wildman–Crippen MR) is 75.5 cm³/mol. The van der Waals surface area contributed by atoms with Gasteiger partial charge in [-0.25, -0.2) is 14.0 Å². The smallest absolute Gasteiger partial charge is 0.362 e. The molecule has 0 aliphatic heterocycles. The molecule has 0 radical (unpaired) electrons. The fourth-order valence-corrected chi connectivity index (χ4v) is 2.10. The fraction of sp³-hybridized carbons (Fsp3) is 0.167. The molecule has 11 heteroatoms. The molecule has 0 atom stereocenters. The van der Waals surface area contributed by atoms with Crippen LogP contribution in [0.25, 0.3) is 5.69 Å². The Kier molecular flexibility index (Phi) is 4.36. The van der Waals surface area contributed by atoms with Crippen LogP contribution in [0.5, 0.6) is 11.5 Å². The number of nitrogens with one attached hydrogen (secondary N) is 1. The third-order valence-corrected chi connectivity index (χ3v) is 3.05. The van der Waals surface area contributed by atoms with Crippen LogP contribution in [0, 0.1) is 5.82 Å². The number of hydrogen-bond donors (Lipinski definition) is 2. The fourth-order valence-electron chi connectivity index (χ4n) is 1.84. The largest absolute Gasteiger partial charge is 0.491 e. The number of aromatic nitrogens is 3. The van der Waals surface area contributed by atoms with Crippen molar-refractivity contribution in [2.45, 2.75) is 0 Å². The molecule has 1 aromatic heterocycles. The van der Waals surface area contributed by atoms with Gasteiger partial charge < -0.3 is 14.6 Å². The molecule has 0 saturated carbocycles. The van der Waals surface area contributed by atoms with E-state index in [-0.39, 0.29) is 16.5 Å². The highest BCUT2D eigenvalue weighted by atomic mass is 35.5. The summed E-state index contributed by atoms with van der Waals surface area (Å²) >= 11 is 5.82. The second-order valence-electron chi connectivity index (χ2n) is 4.08. The lowest BCUT2D eigenvalue weighted by atomic mass is 10.2. The molecule has 0 fully saturated rings. The second kappa shape index (κ2) is 6.08. The van der Waals surface area contributed by atoms with E-state index in [0.717, 1.165) is 13.2 Å². The lowest BCUT2D eigenvalue weighted by Gasteiger charge is -2.15. The van der Waals surface area contributed by atoms with Crippen molar-refractivity contribution in [3.8, 4) is 17.2 Å². The average Bonchev–Trinajstić information content (AvgIpc) is 2.47. The van der Waals surface area contributed by atoms with Crippen LogP contribution >= 0.6 is 11.6 Å². The molecular formula is C12H9ClFN3O6. The number of hydrogen-bond acceptors (Lipinski definition) is 6. The van der Waals surface area contributed by atoms with Crippen molar-refractivity contribution in [1.29, 1.82) is 0 Å². The van der Waals surface area contributed by atoms with Crippen LogP contribution in [0.3, 0.4) is 0 Å². The van der Waals surface area contributed by atoms with E-state index in [4.69, 9.17) is 26.2 Å². The Morgan fingerprint density at radius 3 is 2.48 bits per heavy atom. The highest BCUT2D eigenvalue weighted by Crippen LogP contribution is 2.40. The quantitative estimate of drug-likeness (QED) is 0.823. The Bertz CT molecular complexity index is 907. The summed E-state index contributed by atoms with van der Waals surface area (Å²) in [6.45, 7) is 0. The normalized spacial score (nSPS) is 10.4. The molecule has 0 aliphatic rings. The first-order valence-electron chi connectivity index (χ1n) is 5.89. The molecule has 0 aliphatic carbocycles. The first-order valence-corrected chi connectivity index (χ1v) is 6.26. The minimum atomic E-state index is -1.69. The van der Waals surface area contributed by atoms with Gasteiger partial charge in [0.05, 0.1) is 19.2 Å². The average molecular weight is 346 g/mol. The summed E-state index contributed by atoms with van der Waals surface area (Å²) in [5.41, 5.74) is -3.95. The lowest BCUT2D eigenvalue weighted by molar-refractivity contribution is 0.0685. The molecule has 9 nitrogen and oxygen atoms in total. The SMILES string of the molecule is COc1c(Cl)cc(F)c(-n2nc(C(=O)O)c(=O)[nH]c2=O)c1OC. The zero-order chi connectivity index (χ0) is 17.3. The molecule has 1 aromatic carbocycles. The Morgan fingerprint density at radius 2 is 1.96 bits per heavy atom. The monoisotopic (exact) mass is 345 g/mol. The number of H-pyrrole nitrogens is 1. The van der Waals surface area contributed by atoms with Gasteiger partial charge in [0.15, 0.2) is 23.0 Å². The maximum Gasteiger partial charge on any atom is 0.362 e. The van der Waals surface area contributed by atoms with Gasteiger partial charge in [-0.2, -0.15) is 4.68 Å². The molecule has 2 rings (SSSR count). The minimum Gasteiger partial charge on any atom is -0.491 e. The van der Waals surface area contributed by atoms with Gasteiger partial charge in [0.2, 0.25) is 5.69 Å². The summed E-state index contributed by atoms with van der Waals surface area (Å²) in [6, 6.07) is 0.831. The third kappa shape index (κ3) is 2.75. The number of aromatic amines is 1. The van der Waals surface area contributed by atoms with Crippen LogP contribution in [0.1, 0.15) is 10.5 Å². The number of nitrogens with zero attached hydrogens (tertiary/aromatic N) is 2. The Morgan fingerprint density at radius 1 is 1.35 bits per heavy atom. The van der Waals surface area contributed by atoms with Crippen molar-refractivity contribution < 1.29 is 23.8 Å². The lowest BCUT2D eigenvalue weighted by Crippen LogP contribution is -2.36. The molecule has 0 amide bonds. The van der Waals surface area contributed by atoms with Crippen LogP contribution in [0.2, 0.25) is 5.02 Å². The molecule has 2 aromatic rings. The summed E-state index contributed by atoms with van der Waals surface area (Å²) in [5, 5.41) is 12.1. The van der Waals surface area contributed by atoms with E-state index in [1.807, 2.05) is 0 Å². The zero-order valence-electron chi connectivity index (χ0n) is 11.7. The predicted octanol–water partition coefficient (Wildman–Crippen LogP) is 0.429. The van der Waals surface area contributed by atoms with E-state index in [0.29, 0.717) is 4.68 Å². The van der Waals surface area contributed by atoms with Gasteiger partial charge in [0, 0.05) is 0 Å². The van der Waals surface area contributed by atoms with Crippen LogP contribution in [-0.2, 0) is 0 Å². The number of halogens is 2. The first-order chi connectivity index (χ1) is 10.8. The summed E-state index contributed by atoms with van der Waals surface area (Å²) in [6.07, 6.45) is 0. The van der Waals surface area contributed by atoms with Crippen molar-refractivity contribution in [2.75, 3.05) is 14.2 Å². The number of aromatic carboxylic acids is 1. The van der Waals surface area contributed by atoms with Crippen LogP contribution in [-0.4, -0.2) is 40.1 Å². The summed E-state index contributed by atoms with van der Waals surface area (Å²) in [5.74, 6) is -3.12. The zero-order valence-corrected chi connectivity index (χ0v) is 12.5. The molecule has 0 unspecified atom stereocenters. The van der Waals surface area contributed by atoms with Gasteiger partial charge in [-0.15, -0.1) is 5.10 Å². The third-order valence-electron chi connectivity index (χ3n) is 2.77. The topological polar surface area (TPSA) is 124 Å². The van der Waals surface area contributed by atoms with Gasteiger partial charge in [-0.05, 0) is 6.07 Å². The number of methoxy groups -OCH3 is 2. The van der Waals surface area contributed by atoms with E-state index in [2.05, 4.69) is 5.10 Å². The number of benzene rings is 1. The number of rotatable bonds is 4. The molecule has 2 N–H and O–H groups in total. The molecule has 0 saturated heterocycles. The Hall–Kier alpha value is -2.88. The van der Waals surface area contributed by atoms with Crippen molar-refractivity contribution in [2.24, 2.45) is 0 Å². The number of carbonyl (C=O) groups is 1. The van der Waals surface area contributed by atoms with Crippen molar-refractivity contribution in [1.82, 2.24) is 14.8 Å². The number of ether oxygens (including phenoxy) is 2. The van der Waals surface area contributed by atoms with E-state index in [9.17, 15) is 18.8 Å². The number of carboxylic acid groups (broad SMARTS) is 1. The Labute approximate surface area is 131 Å². The van der Waals surface area contributed by atoms with E-state index < -0.39 is 34.4 Å². The molecule has 1 heterocycles. The molecular weight excluding hydrogens is 337 g/mol. The molecule has 0 spiro atoms. The van der Waals surface area contributed by atoms with Gasteiger partial charge in [0.1, 0.15) is 0 Å². The van der Waals surface area contributed by atoms with Crippen molar-refractivity contribution in [3.63, 3.8) is 0 Å². The number of carboxylic acids is 1. The van der Waals surface area contributed by atoms with Crippen LogP contribution in [0.15, 0.2) is 15.7 Å². The highest BCUT2D eigenvalue weighted by Gasteiger charge is 2.24. The first kappa shape index (κ1) is 16.5. The van der Waals surface area contributed by atoms with Gasteiger partial charge in [-0.3, -0.25) is 9.78 Å². The van der Waals surface area contributed by atoms with Crippen LogP contribution in [0.4, 0.5) is 4.39 Å². The minimum absolute atomic E-state index is 0.0951. The van der Waals surface area contributed by atoms with Gasteiger partial charge in [-0.1, -0.05) is 11.6 Å². The second-order valence-corrected chi connectivity index (χ2v) is 4.49. The van der Waals surface area contributed by atoms with E-state index in [1.54, 1.807) is 4.98 Å². The van der Waals surface area contributed by atoms with Crippen LogP contribution < -0.4 is 20.7 Å². The maximum absolute atomic E-state index is 14.3. The maximum atomic E-state index is 14.3. The Balaban J connectivity index is 2.92. The van der Waals surface area contributed by atoms with Crippen molar-refractivity contribution in [3.05, 3.63) is 43.4 Å². The molecule has 122 valence electrons. The van der Waals surface area contributed by atoms with Crippen molar-refractivity contribution >= 4 is 17.6 Å². The molecule has 23 heavy (non-hydrogen) atoms. The highest BCUT2D eigenvalue weighted by molar-refractivity contribution is 6.32. The summed E-state index contributed by atoms with van der Waals surface area (Å²) in [4.78, 5) is 36.0. The van der Waals surface area contributed by atoms with E-state index in [1.165, 1.54) is 7.11 Å². The summed E-state index contributed by atoms with van der Waals surface area (Å²) < 4.78 is 24.6. The van der Waals surface area contributed by atoms with Gasteiger partial charge in [0.25, 0.3) is 5.56 Å². The molecule has 0 bridgehead atoms. The van der Waals surface area contributed by atoms with E-state index >= 15 is 0 Å². The summed E-state index contributed by atoms with van der Waals surface area (Å²) in [7, 11) is 2.39. The standard InChI is InChI=1S/C12H9ClFN3O6/c1-22-8-4(13)3-5(14)7(9(8)23-2)17-12(21)15-10(18)6(16-17)11(19)20/h3H,1-2H3,(H,19,20)(H,15,18,21). The van der Waals surface area contributed by atoms with Gasteiger partial charge >= 0.3 is 11.7 Å².